The van der Waals surface area contributed by atoms with E-state index in [9.17, 15) is 4.79 Å². The van der Waals surface area contributed by atoms with Crippen molar-refractivity contribution in [3.05, 3.63) is 35.5 Å². The number of Topliss-reactive ketones (excluding diaryl/α,β-unsaturated/α-hetero) is 1. The van der Waals surface area contributed by atoms with Crippen molar-refractivity contribution in [3.63, 3.8) is 0 Å². The summed E-state index contributed by atoms with van der Waals surface area (Å²) in [6.07, 6.45) is 5.67. The second-order valence-electron chi connectivity index (χ2n) is 4.32. The van der Waals surface area contributed by atoms with Gasteiger partial charge in [0.15, 0.2) is 0 Å². The molecule has 0 aromatic carbocycles. The Bertz CT molecular complexity index is 479. The maximum absolute atomic E-state index is 12.0. The number of allylic oxidation sites excluding steroid dienone is 2. The van der Waals surface area contributed by atoms with E-state index < -0.39 is 0 Å². The van der Waals surface area contributed by atoms with Gasteiger partial charge in [-0.2, -0.15) is 0 Å². The summed E-state index contributed by atoms with van der Waals surface area (Å²) in [7, 11) is 1.61. The van der Waals surface area contributed by atoms with Gasteiger partial charge >= 0.3 is 0 Å². The number of ether oxygens (including phenoxy) is 1. The van der Waals surface area contributed by atoms with Crippen LogP contribution in [0.5, 0.6) is 5.88 Å². The minimum atomic E-state index is 0.0251. The summed E-state index contributed by atoms with van der Waals surface area (Å²) in [5.74, 6) is 1.04. The van der Waals surface area contributed by atoms with E-state index in [1.54, 1.807) is 7.11 Å². The maximum Gasteiger partial charge on any atom is 0.213 e. The molecule has 2 aliphatic carbocycles. The van der Waals surface area contributed by atoms with Crippen molar-refractivity contribution in [1.82, 2.24) is 4.98 Å². The Labute approximate surface area is 94.1 Å². The van der Waals surface area contributed by atoms with Crippen LogP contribution in [0.4, 0.5) is 0 Å². The van der Waals surface area contributed by atoms with Gasteiger partial charge in [0.25, 0.3) is 0 Å². The molecule has 1 aromatic heterocycles. The predicted octanol–water partition coefficient (Wildman–Crippen LogP) is 1.88. The molecule has 0 aliphatic heterocycles. The molecular weight excluding hydrogens is 202 g/mol. The Hall–Kier alpha value is -1.64. The average Bonchev–Trinajstić information content (AvgIpc) is 2.29. The molecule has 0 saturated carbocycles. The molecule has 2 aliphatic rings. The van der Waals surface area contributed by atoms with Crippen molar-refractivity contribution in [2.24, 2.45) is 5.92 Å². The van der Waals surface area contributed by atoms with Crippen LogP contribution >= 0.6 is 0 Å². The van der Waals surface area contributed by atoms with Crippen LogP contribution in [0.3, 0.4) is 0 Å². The Balaban J connectivity index is 2.10. The van der Waals surface area contributed by atoms with Crippen LogP contribution < -0.4 is 4.74 Å². The van der Waals surface area contributed by atoms with E-state index in [0.717, 1.165) is 24.1 Å². The highest BCUT2D eigenvalue weighted by Crippen LogP contribution is 2.38. The fourth-order valence-corrected chi connectivity index (χ4v) is 2.59. The SMILES string of the molecule is COc1ccc2c(n1)C[C@@H]1C=CC[C@H]2C1=O. The van der Waals surface area contributed by atoms with Crippen LogP contribution in [0.1, 0.15) is 23.6 Å². The van der Waals surface area contributed by atoms with E-state index in [-0.39, 0.29) is 11.8 Å². The van der Waals surface area contributed by atoms with Crippen LogP contribution in [0, 0.1) is 5.92 Å². The number of rotatable bonds is 1. The van der Waals surface area contributed by atoms with Gasteiger partial charge in [0.05, 0.1) is 7.11 Å². The Morgan fingerprint density at radius 3 is 3.12 bits per heavy atom. The van der Waals surface area contributed by atoms with Crippen molar-refractivity contribution in [2.45, 2.75) is 18.8 Å². The largest absolute Gasteiger partial charge is 0.481 e. The molecule has 0 radical (unpaired) electrons. The third-order valence-corrected chi connectivity index (χ3v) is 3.43. The van der Waals surface area contributed by atoms with E-state index in [2.05, 4.69) is 11.1 Å². The lowest BCUT2D eigenvalue weighted by molar-refractivity contribution is -0.123. The zero-order valence-electron chi connectivity index (χ0n) is 9.14. The highest BCUT2D eigenvalue weighted by Gasteiger charge is 2.36. The highest BCUT2D eigenvalue weighted by molar-refractivity contribution is 5.92. The van der Waals surface area contributed by atoms with Crippen molar-refractivity contribution in [1.29, 1.82) is 0 Å². The maximum atomic E-state index is 12.0. The van der Waals surface area contributed by atoms with E-state index in [4.69, 9.17) is 4.74 Å². The lowest BCUT2D eigenvalue weighted by Crippen LogP contribution is -2.31. The monoisotopic (exact) mass is 215 g/mol. The average molecular weight is 215 g/mol. The first kappa shape index (κ1) is 9.58. The third-order valence-electron chi connectivity index (χ3n) is 3.43. The van der Waals surface area contributed by atoms with Gasteiger partial charge in [-0.05, 0) is 12.0 Å². The summed E-state index contributed by atoms with van der Waals surface area (Å²) in [4.78, 5) is 16.5. The van der Waals surface area contributed by atoms with E-state index in [1.165, 1.54) is 0 Å². The van der Waals surface area contributed by atoms with Gasteiger partial charge in [-0.25, -0.2) is 4.98 Å². The molecule has 1 aromatic rings. The van der Waals surface area contributed by atoms with Crippen molar-refractivity contribution in [3.8, 4) is 5.88 Å². The third kappa shape index (κ3) is 1.28. The van der Waals surface area contributed by atoms with Crippen LogP contribution in [0.2, 0.25) is 0 Å². The molecule has 0 spiro atoms. The molecule has 2 atom stereocenters. The second-order valence-corrected chi connectivity index (χ2v) is 4.32. The normalized spacial score (nSPS) is 26.4. The van der Waals surface area contributed by atoms with E-state index in [1.807, 2.05) is 18.2 Å². The van der Waals surface area contributed by atoms with Crippen LogP contribution in [0.15, 0.2) is 24.3 Å². The summed E-state index contributed by atoms with van der Waals surface area (Å²) in [6, 6.07) is 3.82. The number of carbonyl (C=O) groups is 1. The van der Waals surface area contributed by atoms with Gasteiger partial charge in [0, 0.05) is 30.0 Å². The molecule has 3 nitrogen and oxygen atoms in total. The molecule has 1 heterocycles. The van der Waals surface area contributed by atoms with E-state index in [0.29, 0.717) is 11.7 Å². The van der Waals surface area contributed by atoms with Gasteiger partial charge in [-0.15, -0.1) is 0 Å². The molecule has 0 fully saturated rings. The quantitative estimate of drug-likeness (QED) is 0.671. The zero-order chi connectivity index (χ0) is 11.1. The van der Waals surface area contributed by atoms with E-state index >= 15 is 0 Å². The number of hydrogen-bond donors (Lipinski definition) is 0. The predicted molar refractivity (Wildman–Crippen MR) is 59.5 cm³/mol. The highest BCUT2D eigenvalue weighted by atomic mass is 16.5. The molecule has 0 saturated heterocycles. The zero-order valence-corrected chi connectivity index (χ0v) is 9.14. The molecule has 3 heteroatoms. The molecule has 3 rings (SSSR count). The van der Waals surface area contributed by atoms with Gasteiger partial charge < -0.3 is 4.74 Å². The molecule has 2 bridgehead atoms. The van der Waals surface area contributed by atoms with Crippen molar-refractivity contribution in [2.75, 3.05) is 7.11 Å². The van der Waals surface area contributed by atoms with Gasteiger partial charge in [-0.1, -0.05) is 18.2 Å². The fraction of sp³-hybridized carbons (Fsp3) is 0.385. The lowest BCUT2D eigenvalue weighted by Gasteiger charge is -2.30. The topological polar surface area (TPSA) is 39.2 Å². The number of carbonyl (C=O) groups excluding carboxylic acids is 1. The summed E-state index contributed by atoms with van der Waals surface area (Å²) in [5, 5.41) is 0. The second kappa shape index (κ2) is 3.44. The van der Waals surface area contributed by atoms with Gasteiger partial charge in [-0.3, -0.25) is 4.79 Å². The summed E-state index contributed by atoms with van der Waals surface area (Å²) < 4.78 is 5.12. The first-order valence-corrected chi connectivity index (χ1v) is 5.54. The molecule has 0 unspecified atom stereocenters. The Morgan fingerprint density at radius 1 is 1.44 bits per heavy atom. The summed E-state index contributed by atoms with van der Waals surface area (Å²) in [5.41, 5.74) is 2.12. The molecule has 82 valence electrons. The molecule has 0 N–H and O–H groups in total. The number of pyridine rings is 1. The number of aromatic nitrogens is 1. The van der Waals surface area contributed by atoms with Crippen LogP contribution in [0.25, 0.3) is 0 Å². The minimum absolute atomic E-state index is 0.0251. The standard InChI is InChI=1S/C13H13NO2/c1-16-12-6-5-9-10-4-2-3-8(13(10)15)7-11(9)14-12/h2-3,5-6,8,10H,4,7H2,1H3/t8-,10+/m0/s1. The number of methoxy groups -OCH3 is 1. The fourth-order valence-electron chi connectivity index (χ4n) is 2.59. The smallest absolute Gasteiger partial charge is 0.213 e. The first-order chi connectivity index (χ1) is 7.79. The Kier molecular flexibility index (Phi) is 2.06. The molecular formula is C13H13NO2. The van der Waals surface area contributed by atoms with Crippen molar-refractivity contribution < 1.29 is 9.53 Å². The first-order valence-electron chi connectivity index (χ1n) is 5.54. The van der Waals surface area contributed by atoms with Crippen molar-refractivity contribution >= 4 is 5.78 Å². The molecule has 16 heavy (non-hydrogen) atoms. The molecule has 0 amide bonds. The number of ketones is 1. The Morgan fingerprint density at radius 2 is 2.31 bits per heavy atom. The van der Waals surface area contributed by atoms with Crippen LogP contribution in [-0.4, -0.2) is 17.9 Å². The number of hydrogen-bond acceptors (Lipinski definition) is 3. The summed E-state index contributed by atoms with van der Waals surface area (Å²) >= 11 is 0. The van der Waals surface area contributed by atoms with Crippen LogP contribution in [-0.2, 0) is 11.2 Å². The number of nitrogens with zero attached hydrogens (tertiary/aromatic N) is 1. The minimum Gasteiger partial charge on any atom is -0.481 e. The van der Waals surface area contributed by atoms with Gasteiger partial charge in [0.2, 0.25) is 5.88 Å². The van der Waals surface area contributed by atoms with Gasteiger partial charge in [0.1, 0.15) is 5.78 Å². The summed E-state index contributed by atoms with van der Waals surface area (Å²) in [6.45, 7) is 0. The number of fused-ring (bicyclic) bond motifs is 4. The lowest BCUT2D eigenvalue weighted by atomic mass is 9.73.